The Labute approximate surface area is 143 Å². The lowest BCUT2D eigenvalue weighted by molar-refractivity contribution is 0.0242. The highest BCUT2D eigenvalue weighted by Crippen LogP contribution is 2.26. The average molecular weight is 337 g/mol. The fourth-order valence-corrected chi connectivity index (χ4v) is 3.71. The number of nitrogens with one attached hydrogen (secondary N) is 1. The maximum absolute atomic E-state index is 12.5. The van der Waals surface area contributed by atoms with Crippen molar-refractivity contribution in [2.24, 2.45) is 5.92 Å². The average Bonchev–Trinajstić information content (AvgIpc) is 2.58. The van der Waals surface area contributed by atoms with Crippen LogP contribution in [0.4, 0.5) is 0 Å². The quantitative estimate of drug-likeness (QED) is 0.919. The summed E-state index contributed by atoms with van der Waals surface area (Å²) in [6.07, 6.45) is 4.74. The summed E-state index contributed by atoms with van der Waals surface area (Å²) >= 11 is 5.89. The van der Waals surface area contributed by atoms with E-state index < -0.39 is 0 Å². The van der Waals surface area contributed by atoms with E-state index in [0.29, 0.717) is 16.5 Å². The molecule has 2 unspecified atom stereocenters. The molecule has 126 valence electrons. The van der Waals surface area contributed by atoms with Crippen molar-refractivity contribution in [1.29, 1.82) is 0 Å². The molecule has 1 aliphatic carbocycles. The highest BCUT2D eigenvalue weighted by Gasteiger charge is 2.28. The number of rotatable bonds is 4. The fraction of sp³-hybridized carbons (Fsp3) is 0.611. The van der Waals surface area contributed by atoms with E-state index >= 15 is 0 Å². The van der Waals surface area contributed by atoms with Gasteiger partial charge in [0.1, 0.15) is 0 Å². The zero-order chi connectivity index (χ0) is 16.1. The summed E-state index contributed by atoms with van der Waals surface area (Å²) in [5.41, 5.74) is 0.685. The number of hydrogen-bond donors (Lipinski definition) is 1. The van der Waals surface area contributed by atoms with Gasteiger partial charge in [-0.05, 0) is 43.0 Å². The van der Waals surface area contributed by atoms with Crippen LogP contribution in [0.1, 0.15) is 36.0 Å². The first kappa shape index (κ1) is 16.7. The van der Waals surface area contributed by atoms with Crippen molar-refractivity contribution < 1.29 is 9.53 Å². The highest BCUT2D eigenvalue weighted by atomic mass is 35.5. The predicted octanol–water partition coefficient (Wildman–Crippen LogP) is 2.96. The highest BCUT2D eigenvalue weighted by molar-refractivity contribution is 6.30. The Balaban J connectivity index is 1.59. The third kappa shape index (κ3) is 4.69. The summed E-state index contributed by atoms with van der Waals surface area (Å²) in [4.78, 5) is 14.9. The minimum atomic E-state index is 0.0144. The molecule has 1 saturated carbocycles. The molecular weight excluding hydrogens is 312 g/mol. The van der Waals surface area contributed by atoms with Crippen molar-refractivity contribution in [2.45, 2.75) is 31.7 Å². The molecule has 1 amide bonds. The normalized spacial score (nSPS) is 26.0. The number of hydrogen-bond acceptors (Lipinski definition) is 3. The molecule has 2 fully saturated rings. The van der Waals surface area contributed by atoms with Crippen molar-refractivity contribution in [3.8, 4) is 0 Å². The zero-order valence-corrected chi connectivity index (χ0v) is 14.2. The first-order valence-electron chi connectivity index (χ1n) is 8.59. The van der Waals surface area contributed by atoms with E-state index in [1.165, 1.54) is 19.3 Å². The molecule has 1 N–H and O–H groups in total. The van der Waals surface area contributed by atoms with E-state index in [9.17, 15) is 4.79 Å². The van der Waals surface area contributed by atoms with Crippen LogP contribution in [0.15, 0.2) is 24.3 Å². The van der Waals surface area contributed by atoms with Crippen molar-refractivity contribution >= 4 is 17.5 Å². The molecule has 0 bridgehead atoms. The monoisotopic (exact) mass is 336 g/mol. The van der Waals surface area contributed by atoms with Gasteiger partial charge in [-0.25, -0.2) is 0 Å². The number of morpholine rings is 1. The standard InChI is InChI=1S/C18H25ClN2O2/c19-16-7-5-14(6-8-16)18(22)20-17-4-2-1-3-15(17)13-21-9-11-23-12-10-21/h5-8,15,17H,1-4,9-13H2,(H,20,22). The second kappa shape index (κ2) is 8.13. The summed E-state index contributed by atoms with van der Waals surface area (Å²) in [5.74, 6) is 0.554. The maximum Gasteiger partial charge on any atom is 0.251 e. The van der Waals surface area contributed by atoms with Crippen LogP contribution in [0.5, 0.6) is 0 Å². The van der Waals surface area contributed by atoms with Crippen LogP contribution in [-0.4, -0.2) is 49.7 Å². The number of amides is 1. The van der Waals surface area contributed by atoms with E-state index in [4.69, 9.17) is 16.3 Å². The number of benzene rings is 1. The Kier molecular flexibility index (Phi) is 5.92. The van der Waals surface area contributed by atoms with Crippen LogP contribution < -0.4 is 5.32 Å². The molecule has 1 aromatic carbocycles. The summed E-state index contributed by atoms with van der Waals surface area (Å²) < 4.78 is 5.43. The second-order valence-electron chi connectivity index (χ2n) is 6.54. The van der Waals surface area contributed by atoms with Crippen molar-refractivity contribution in [3.05, 3.63) is 34.9 Å². The molecule has 1 aromatic rings. The Hall–Kier alpha value is -1.10. The van der Waals surface area contributed by atoms with Gasteiger partial charge in [0.15, 0.2) is 0 Å². The van der Waals surface area contributed by atoms with Gasteiger partial charge in [-0.1, -0.05) is 24.4 Å². The minimum Gasteiger partial charge on any atom is -0.379 e. The van der Waals surface area contributed by atoms with E-state index in [0.717, 1.165) is 39.3 Å². The summed E-state index contributed by atoms with van der Waals surface area (Å²) in [6.45, 7) is 4.74. The van der Waals surface area contributed by atoms with E-state index in [1.807, 2.05) is 0 Å². The van der Waals surface area contributed by atoms with Crippen molar-refractivity contribution in [3.63, 3.8) is 0 Å². The largest absolute Gasteiger partial charge is 0.379 e. The molecule has 1 saturated heterocycles. The Morgan fingerprint density at radius 1 is 1.17 bits per heavy atom. The van der Waals surface area contributed by atoms with Gasteiger partial charge in [0.05, 0.1) is 13.2 Å². The summed E-state index contributed by atoms with van der Waals surface area (Å²) in [7, 11) is 0. The van der Waals surface area contributed by atoms with Gasteiger partial charge in [0.25, 0.3) is 5.91 Å². The Morgan fingerprint density at radius 2 is 1.87 bits per heavy atom. The van der Waals surface area contributed by atoms with Gasteiger partial charge in [-0.3, -0.25) is 9.69 Å². The molecule has 0 radical (unpaired) electrons. The number of ether oxygens (including phenoxy) is 1. The minimum absolute atomic E-state index is 0.0144. The molecule has 0 spiro atoms. The summed E-state index contributed by atoms with van der Waals surface area (Å²) in [5, 5.41) is 3.91. The molecule has 5 heteroatoms. The third-order valence-corrected chi connectivity index (χ3v) is 5.18. The predicted molar refractivity (Wildman–Crippen MR) is 91.9 cm³/mol. The van der Waals surface area contributed by atoms with Crippen molar-refractivity contribution in [1.82, 2.24) is 10.2 Å². The Morgan fingerprint density at radius 3 is 2.61 bits per heavy atom. The Bertz CT molecular complexity index is 514. The van der Waals surface area contributed by atoms with E-state index in [1.54, 1.807) is 24.3 Å². The van der Waals surface area contributed by atoms with Crippen molar-refractivity contribution in [2.75, 3.05) is 32.8 Å². The van der Waals surface area contributed by atoms with E-state index in [-0.39, 0.29) is 11.9 Å². The smallest absolute Gasteiger partial charge is 0.251 e. The summed E-state index contributed by atoms with van der Waals surface area (Å²) in [6, 6.07) is 7.38. The van der Waals surface area contributed by atoms with Crippen LogP contribution in [-0.2, 0) is 4.74 Å². The van der Waals surface area contributed by atoms with Gasteiger partial charge < -0.3 is 10.1 Å². The number of carbonyl (C=O) groups excluding carboxylic acids is 1. The maximum atomic E-state index is 12.5. The molecule has 2 atom stereocenters. The topological polar surface area (TPSA) is 41.6 Å². The van der Waals surface area contributed by atoms with Gasteiger partial charge in [-0.2, -0.15) is 0 Å². The lowest BCUT2D eigenvalue weighted by Gasteiger charge is -2.37. The van der Waals surface area contributed by atoms with Crippen LogP contribution in [0.2, 0.25) is 5.02 Å². The lowest BCUT2D eigenvalue weighted by Crippen LogP contribution is -2.48. The molecule has 1 heterocycles. The molecule has 4 nitrogen and oxygen atoms in total. The SMILES string of the molecule is O=C(NC1CCCCC1CN1CCOCC1)c1ccc(Cl)cc1. The fourth-order valence-electron chi connectivity index (χ4n) is 3.58. The van der Waals surface area contributed by atoms with Gasteiger partial charge >= 0.3 is 0 Å². The van der Waals surface area contributed by atoms with Gasteiger partial charge in [0.2, 0.25) is 0 Å². The van der Waals surface area contributed by atoms with Gasteiger partial charge in [-0.15, -0.1) is 0 Å². The van der Waals surface area contributed by atoms with Crippen LogP contribution in [0.25, 0.3) is 0 Å². The third-order valence-electron chi connectivity index (χ3n) is 4.93. The number of halogens is 1. The number of carbonyl (C=O) groups is 1. The first-order chi connectivity index (χ1) is 11.2. The number of nitrogens with zero attached hydrogens (tertiary/aromatic N) is 1. The molecule has 3 rings (SSSR count). The second-order valence-corrected chi connectivity index (χ2v) is 6.98. The van der Waals surface area contributed by atoms with Crippen LogP contribution in [0, 0.1) is 5.92 Å². The zero-order valence-electron chi connectivity index (χ0n) is 13.5. The van der Waals surface area contributed by atoms with Crippen LogP contribution >= 0.6 is 11.6 Å². The van der Waals surface area contributed by atoms with Crippen LogP contribution in [0.3, 0.4) is 0 Å². The molecule has 1 aliphatic heterocycles. The molecule has 2 aliphatic rings. The first-order valence-corrected chi connectivity index (χ1v) is 8.97. The molecular formula is C18H25ClN2O2. The molecule has 23 heavy (non-hydrogen) atoms. The van der Waals surface area contributed by atoms with E-state index in [2.05, 4.69) is 10.2 Å². The lowest BCUT2D eigenvalue weighted by atomic mass is 9.84. The van der Waals surface area contributed by atoms with Gasteiger partial charge in [0, 0.05) is 36.3 Å². The molecule has 0 aromatic heterocycles.